The Balaban J connectivity index is 2.10. The number of nitrogens with zero attached hydrogens (tertiary/aromatic N) is 1. The predicted octanol–water partition coefficient (Wildman–Crippen LogP) is -0.531. The van der Waals surface area contributed by atoms with Crippen LogP contribution in [0.4, 0.5) is 0 Å². The van der Waals surface area contributed by atoms with E-state index < -0.39 is 12.0 Å². The van der Waals surface area contributed by atoms with Gasteiger partial charge in [0.2, 0.25) is 5.91 Å². The normalized spacial score (nSPS) is 17.3. The SMILES string of the molecule is COC(=O)C(N)CCSCC(=O)N1CCOCC1. The first-order valence-electron chi connectivity index (χ1n) is 5.92. The Bertz CT molecular complexity index is 282. The van der Waals surface area contributed by atoms with E-state index in [0.717, 1.165) is 0 Å². The average Bonchev–Trinajstić information content (AvgIpc) is 2.43. The monoisotopic (exact) mass is 276 g/mol. The van der Waals surface area contributed by atoms with Gasteiger partial charge in [-0.05, 0) is 12.2 Å². The van der Waals surface area contributed by atoms with Gasteiger partial charge in [0, 0.05) is 13.1 Å². The molecule has 1 fully saturated rings. The van der Waals surface area contributed by atoms with Crippen LogP contribution in [0, 0.1) is 0 Å². The van der Waals surface area contributed by atoms with Crippen LogP contribution in [0.3, 0.4) is 0 Å². The van der Waals surface area contributed by atoms with Crippen LogP contribution >= 0.6 is 11.8 Å². The molecule has 0 aromatic heterocycles. The van der Waals surface area contributed by atoms with Crippen LogP contribution < -0.4 is 5.73 Å². The molecule has 0 saturated carbocycles. The lowest BCUT2D eigenvalue weighted by atomic mass is 10.2. The zero-order valence-electron chi connectivity index (χ0n) is 10.6. The summed E-state index contributed by atoms with van der Waals surface area (Å²) in [4.78, 5) is 24.6. The standard InChI is InChI=1S/C11H20N2O4S/c1-16-11(15)9(12)2-7-18-8-10(14)13-3-5-17-6-4-13/h9H,2-8,12H2,1H3. The highest BCUT2D eigenvalue weighted by Crippen LogP contribution is 2.08. The summed E-state index contributed by atoms with van der Waals surface area (Å²) in [7, 11) is 1.32. The second-order valence-corrected chi connectivity index (χ2v) is 5.07. The molecule has 1 rings (SSSR count). The van der Waals surface area contributed by atoms with Crippen molar-refractivity contribution in [2.45, 2.75) is 12.5 Å². The Morgan fingerprint density at radius 2 is 2.11 bits per heavy atom. The summed E-state index contributed by atoms with van der Waals surface area (Å²) >= 11 is 1.49. The van der Waals surface area contributed by atoms with E-state index in [1.165, 1.54) is 18.9 Å². The molecule has 0 aliphatic carbocycles. The van der Waals surface area contributed by atoms with E-state index in [1.54, 1.807) is 4.90 Å². The molecule has 0 aromatic carbocycles. The van der Waals surface area contributed by atoms with Crippen molar-refractivity contribution < 1.29 is 19.1 Å². The second kappa shape index (κ2) is 8.34. The fraction of sp³-hybridized carbons (Fsp3) is 0.818. The number of hydrogen-bond donors (Lipinski definition) is 1. The Kier molecular flexibility index (Phi) is 7.07. The number of esters is 1. The predicted molar refractivity (Wildman–Crippen MR) is 69.3 cm³/mol. The van der Waals surface area contributed by atoms with Gasteiger partial charge < -0.3 is 20.1 Å². The van der Waals surface area contributed by atoms with Gasteiger partial charge >= 0.3 is 5.97 Å². The number of ether oxygens (including phenoxy) is 2. The molecule has 1 saturated heterocycles. The van der Waals surface area contributed by atoms with Gasteiger partial charge in [-0.25, -0.2) is 0 Å². The molecule has 0 bridgehead atoms. The topological polar surface area (TPSA) is 81.9 Å². The molecule has 1 aliphatic heterocycles. The van der Waals surface area contributed by atoms with Crippen LogP contribution in [-0.2, 0) is 19.1 Å². The number of thioether (sulfide) groups is 1. The Hall–Kier alpha value is -0.790. The van der Waals surface area contributed by atoms with Crippen molar-refractivity contribution in [1.29, 1.82) is 0 Å². The molecule has 0 aromatic rings. The quantitative estimate of drug-likeness (QED) is 0.519. The molecule has 0 radical (unpaired) electrons. The van der Waals surface area contributed by atoms with E-state index in [0.29, 0.717) is 44.2 Å². The number of morpholine rings is 1. The van der Waals surface area contributed by atoms with Gasteiger partial charge in [-0.2, -0.15) is 11.8 Å². The molecule has 1 amide bonds. The highest BCUT2D eigenvalue weighted by Gasteiger charge is 2.17. The summed E-state index contributed by atoms with van der Waals surface area (Å²) in [6, 6.07) is -0.596. The van der Waals surface area contributed by atoms with Crippen molar-refractivity contribution in [2.75, 3.05) is 44.9 Å². The third-order valence-electron chi connectivity index (χ3n) is 2.67. The summed E-state index contributed by atoms with van der Waals surface area (Å²) < 4.78 is 9.70. The molecule has 104 valence electrons. The minimum absolute atomic E-state index is 0.120. The Labute approximate surface area is 111 Å². The molecule has 1 atom stereocenters. The largest absolute Gasteiger partial charge is 0.468 e. The van der Waals surface area contributed by atoms with Gasteiger partial charge in [-0.15, -0.1) is 0 Å². The third kappa shape index (κ3) is 5.24. The summed E-state index contributed by atoms with van der Waals surface area (Å²) in [5, 5.41) is 0. The van der Waals surface area contributed by atoms with Crippen LogP contribution in [0.2, 0.25) is 0 Å². The Morgan fingerprint density at radius 1 is 1.44 bits per heavy atom. The number of rotatable bonds is 6. The molecule has 6 nitrogen and oxygen atoms in total. The van der Waals surface area contributed by atoms with Crippen molar-refractivity contribution in [3.63, 3.8) is 0 Å². The second-order valence-electron chi connectivity index (χ2n) is 3.96. The van der Waals surface area contributed by atoms with Gasteiger partial charge in [-0.1, -0.05) is 0 Å². The average molecular weight is 276 g/mol. The van der Waals surface area contributed by atoms with Crippen molar-refractivity contribution >= 4 is 23.6 Å². The van der Waals surface area contributed by atoms with Gasteiger partial charge in [0.15, 0.2) is 0 Å². The van der Waals surface area contributed by atoms with E-state index in [2.05, 4.69) is 4.74 Å². The van der Waals surface area contributed by atoms with Crippen LogP contribution in [0.1, 0.15) is 6.42 Å². The highest BCUT2D eigenvalue weighted by molar-refractivity contribution is 7.99. The summed E-state index contributed by atoms with van der Waals surface area (Å²) in [5.41, 5.74) is 5.59. The lowest BCUT2D eigenvalue weighted by Gasteiger charge is -2.26. The fourth-order valence-electron chi connectivity index (χ4n) is 1.54. The number of hydrogen-bond acceptors (Lipinski definition) is 6. The van der Waals surface area contributed by atoms with Gasteiger partial charge in [0.1, 0.15) is 6.04 Å². The van der Waals surface area contributed by atoms with E-state index >= 15 is 0 Å². The lowest BCUT2D eigenvalue weighted by molar-refractivity contribution is -0.142. The molecule has 1 heterocycles. The van der Waals surface area contributed by atoms with Crippen molar-refractivity contribution in [2.24, 2.45) is 5.73 Å². The minimum atomic E-state index is -0.596. The van der Waals surface area contributed by atoms with Crippen LogP contribution in [0.25, 0.3) is 0 Å². The molecular formula is C11H20N2O4S. The van der Waals surface area contributed by atoms with E-state index in [-0.39, 0.29) is 5.91 Å². The zero-order chi connectivity index (χ0) is 13.4. The summed E-state index contributed by atoms with van der Waals surface area (Å²) in [5.74, 6) is 0.810. The maximum absolute atomic E-state index is 11.8. The Morgan fingerprint density at radius 3 is 2.72 bits per heavy atom. The van der Waals surface area contributed by atoms with E-state index in [9.17, 15) is 9.59 Å². The van der Waals surface area contributed by atoms with Gasteiger partial charge in [-0.3, -0.25) is 9.59 Å². The summed E-state index contributed by atoms with van der Waals surface area (Å²) in [6.07, 6.45) is 0.522. The van der Waals surface area contributed by atoms with Crippen molar-refractivity contribution in [1.82, 2.24) is 4.90 Å². The molecule has 0 spiro atoms. The van der Waals surface area contributed by atoms with E-state index in [4.69, 9.17) is 10.5 Å². The summed E-state index contributed by atoms with van der Waals surface area (Å²) in [6.45, 7) is 2.56. The van der Waals surface area contributed by atoms with Crippen molar-refractivity contribution in [3.8, 4) is 0 Å². The fourth-order valence-corrected chi connectivity index (χ4v) is 2.47. The van der Waals surface area contributed by atoms with Crippen LogP contribution in [0.5, 0.6) is 0 Å². The van der Waals surface area contributed by atoms with Crippen LogP contribution in [0.15, 0.2) is 0 Å². The molecule has 2 N–H and O–H groups in total. The van der Waals surface area contributed by atoms with Crippen LogP contribution in [-0.4, -0.2) is 67.7 Å². The molecule has 18 heavy (non-hydrogen) atoms. The number of carbonyl (C=O) groups is 2. The zero-order valence-corrected chi connectivity index (χ0v) is 11.4. The molecule has 7 heteroatoms. The smallest absolute Gasteiger partial charge is 0.322 e. The maximum atomic E-state index is 11.8. The maximum Gasteiger partial charge on any atom is 0.322 e. The number of amides is 1. The minimum Gasteiger partial charge on any atom is -0.468 e. The first-order valence-corrected chi connectivity index (χ1v) is 7.07. The van der Waals surface area contributed by atoms with Gasteiger partial charge in [0.25, 0.3) is 0 Å². The molecule has 1 unspecified atom stereocenters. The molecule has 1 aliphatic rings. The lowest BCUT2D eigenvalue weighted by Crippen LogP contribution is -2.41. The van der Waals surface area contributed by atoms with E-state index in [1.807, 2.05) is 0 Å². The first-order chi connectivity index (χ1) is 8.65. The number of nitrogens with two attached hydrogens (primary N) is 1. The van der Waals surface area contributed by atoms with Gasteiger partial charge in [0.05, 0.1) is 26.1 Å². The highest BCUT2D eigenvalue weighted by atomic mass is 32.2. The number of methoxy groups -OCH3 is 1. The first kappa shape index (κ1) is 15.3. The van der Waals surface area contributed by atoms with Crippen molar-refractivity contribution in [3.05, 3.63) is 0 Å². The number of carbonyl (C=O) groups excluding carboxylic acids is 2. The molecular weight excluding hydrogens is 256 g/mol. The third-order valence-corrected chi connectivity index (χ3v) is 3.64.